The molecule has 0 aliphatic heterocycles. The quantitative estimate of drug-likeness (QED) is 0.306. The molecule has 174 valence electrons. The molecule has 4 heteroatoms. The summed E-state index contributed by atoms with van der Waals surface area (Å²) in [7, 11) is 0. The molecule has 1 unspecified atom stereocenters. The van der Waals surface area contributed by atoms with E-state index in [2.05, 4.69) is 77.1 Å². The van der Waals surface area contributed by atoms with Crippen LogP contribution in [0.1, 0.15) is 54.7 Å². The molecule has 0 radical (unpaired) electrons. The Kier molecular flexibility index (Phi) is 6.77. The van der Waals surface area contributed by atoms with Crippen molar-refractivity contribution < 1.29 is 5.11 Å². The minimum atomic E-state index is 0.311. The largest absolute Gasteiger partial charge is 0.508 e. The van der Waals surface area contributed by atoms with Crippen LogP contribution in [0.5, 0.6) is 5.75 Å². The minimum Gasteiger partial charge on any atom is -0.508 e. The summed E-state index contributed by atoms with van der Waals surface area (Å²) >= 11 is 0. The Balaban J connectivity index is 1.54. The number of aromatic nitrogens is 2. The van der Waals surface area contributed by atoms with Gasteiger partial charge in [0.25, 0.3) is 0 Å². The number of fused-ring (bicyclic) bond motifs is 1. The summed E-state index contributed by atoms with van der Waals surface area (Å²) in [5.74, 6) is 1.42. The van der Waals surface area contributed by atoms with E-state index in [1.807, 2.05) is 12.1 Å². The molecular weight excluding hydrogens is 418 g/mol. The van der Waals surface area contributed by atoms with Gasteiger partial charge in [0, 0.05) is 25.2 Å². The average molecular weight is 452 g/mol. The van der Waals surface area contributed by atoms with Crippen LogP contribution in [0.4, 0.5) is 0 Å². The number of hydrogen-bond donors (Lipinski definition) is 1. The first-order chi connectivity index (χ1) is 16.7. The van der Waals surface area contributed by atoms with Gasteiger partial charge >= 0.3 is 0 Å². The highest BCUT2D eigenvalue weighted by Gasteiger charge is 2.34. The van der Waals surface area contributed by atoms with E-state index in [0.29, 0.717) is 11.8 Å². The predicted octanol–water partition coefficient (Wildman–Crippen LogP) is 6.75. The normalized spacial score (nSPS) is 15.1. The third kappa shape index (κ3) is 4.78. The average Bonchev–Trinajstić information content (AvgIpc) is 3.44. The van der Waals surface area contributed by atoms with Crippen molar-refractivity contribution in [3.8, 4) is 17.1 Å². The summed E-state index contributed by atoms with van der Waals surface area (Å²) in [6.45, 7) is 4.96. The topological polar surface area (TPSA) is 41.3 Å². The fourth-order valence-corrected chi connectivity index (χ4v) is 5.12. The zero-order valence-corrected chi connectivity index (χ0v) is 19.9. The van der Waals surface area contributed by atoms with Gasteiger partial charge < -0.3 is 9.67 Å². The molecule has 1 aliphatic carbocycles. The Morgan fingerprint density at radius 2 is 1.53 bits per heavy atom. The monoisotopic (exact) mass is 451 g/mol. The lowest BCUT2D eigenvalue weighted by molar-refractivity contribution is 0.171. The highest BCUT2D eigenvalue weighted by molar-refractivity contribution is 5.57. The van der Waals surface area contributed by atoms with Crippen LogP contribution in [0.2, 0.25) is 0 Å². The molecular formula is C30H33N3O. The summed E-state index contributed by atoms with van der Waals surface area (Å²) < 4.78 is 2.50. The summed E-state index contributed by atoms with van der Waals surface area (Å²) in [4.78, 5) is 7.77. The Bertz CT molecular complexity index is 1200. The SMILES string of the molecule is CCCCn1c(-c2ccccc2)nc2c1C(N(Cc1ccccc1)Cc1ccc(O)cc1)CC2. The first kappa shape index (κ1) is 22.4. The van der Waals surface area contributed by atoms with Gasteiger partial charge in [-0.25, -0.2) is 4.98 Å². The first-order valence-electron chi connectivity index (χ1n) is 12.4. The van der Waals surface area contributed by atoms with Crippen molar-refractivity contribution in [2.75, 3.05) is 0 Å². The summed E-state index contributed by atoms with van der Waals surface area (Å²) in [6.07, 6.45) is 4.41. The van der Waals surface area contributed by atoms with Crippen LogP contribution in [0, 0.1) is 0 Å². The lowest BCUT2D eigenvalue weighted by atomic mass is 10.1. The molecule has 1 N–H and O–H groups in total. The number of aromatic hydroxyl groups is 1. The van der Waals surface area contributed by atoms with E-state index in [4.69, 9.17) is 4.98 Å². The molecule has 1 atom stereocenters. The van der Waals surface area contributed by atoms with Gasteiger partial charge in [0.05, 0.1) is 17.4 Å². The van der Waals surface area contributed by atoms with Gasteiger partial charge in [0.1, 0.15) is 11.6 Å². The number of hydrogen-bond acceptors (Lipinski definition) is 3. The van der Waals surface area contributed by atoms with Crippen LogP contribution in [0.3, 0.4) is 0 Å². The Labute approximate surface area is 202 Å². The summed E-state index contributed by atoms with van der Waals surface area (Å²) in [5.41, 5.74) is 6.37. The Morgan fingerprint density at radius 1 is 0.882 bits per heavy atom. The number of nitrogens with zero attached hydrogens (tertiary/aromatic N) is 3. The predicted molar refractivity (Wildman–Crippen MR) is 137 cm³/mol. The zero-order valence-electron chi connectivity index (χ0n) is 19.9. The van der Waals surface area contributed by atoms with Crippen LogP contribution in [0.25, 0.3) is 11.4 Å². The molecule has 4 nitrogen and oxygen atoms in total. The molecule has 1 aromatic heterocycles. The third-order valence-corrected chi connectivity index (χ3v) is 6.81. The number of aryl methyl sites for hydroxylation is 1. The van der Waals surface area contributed by atoms with Crippen molar-refractivity contribution in [1.29, 1.82) is 0 Å². The molecule has 0 amide bonds. The van der Waals surface area contributed by atoms with Gasteiger partial charge in [-0.2, -0.15) is 0 Å². The maximum atomic E-state index is 9.77. The lowest BCUT2D eigenvalue weighted by Gasteiger charge is -2.31. The van der Waals surface area contributed by atoms with Crippen LogP contribution in [0.15, 0.2) is 84.9 Å². The molecule has 5 rings (SSSR count). The second-order valence-electron chi connectivity index (χ2n) is 9.25. The van der Waals surface area contributed by atoms with Gasteiger partial charge in [-0.3, -0.25) is 4.90 Å². The number of phenolic OH excluding ortho intramolecular Hbond substituents is 1. The molecule has 0 bridgehead atoms. The Hall–Kier alpha value is -3.37. The maximum absolute atomic E-state index is 9.77. The van der Waals surface area contributed by atoms with Crippen molar-refractivity contribution in [2.45, 2.75) is 58.3 Å². The van der Waals surface area contributed by atoms with Crippen molar-refractivity contribution >= 4 is 0 Å². The van der Waals surface area contributed by atoms with E-state index in [9.17, 15) is 5.11 Å². The van der Waals surface area contributed by atoms with E-state index in [0.717, 1.165) is 51.1 Å². The van der Waals surface area contributed by atoms with Gasteiger partial charge in [-0.05, 0) is 42.5 Å². The number of benzene rings is 3. The molecule has 0 spiro atoms. The minimum absolute atomic E-state index is 0.311. The standard InChI is InChI=1S/C30H33N3O/c1-2-3-20-33-29-27(31-30(33)25-12-8-5-9-13-25)18-19-28(29)32(21-23-10-6-4-7-11-23)22-24-14-16-26(34)17-15-24/h4-17,28,34H,2-3,18-22H2,1H3. The van der Waals surface area contributed by atoms with E-state index in [1.54, 1.807) is 12.1 Å². The van der Waals surface area contributed by atoms with Crippen molar-refractivity contribution in [2.24, 2.45) is 0 Å². The highest BCUT2D eigenvalue weighted by atomic mass is 16.3. The van der Waals surface area contributed by atoms with E-state index < -0.39 is 0 Å². The second kappa shape index (κ2) is 10.3. The van der Waals surface area contributed by atoms with Crippen molar-refractivity contribution in [3.05, 3.63) is 107 Å². The van der Waals surface area contributed by atoms with Gasteiger partial charge in [-0.15, -0.1) is 0 Å². The maximum Gasteiger partial charge on any atom is 0.140 e. The molecule has 0 saturated carbocycles. The summed E-state index contributed by atoms with van der Waals surface area (Å²) in [6, 6.07) is 29.3. The molecule has 4 aromatic rings. The van der Waals surface area contributed by atoms with Crippen molar-refractivity contribution in [1.82, 2.24) is 14.5 Å². The first-order valence-corrected chi connectivity index (χ1v) is 12.4. The molecule has 0 fully saturated rings. The number of imidazole rings is 1. The Morgan fingerprint density at radius 3 is 2.21 bits per heavy atom. The lowest BCUT2D eigenvalue weighted by Crippen LogP contribution is -2.28. The number of phenols is 1. The fourth-order valence-electron chi connectivity index (χ4n) is 5.12. The smallest absolute Gasteiger partial charge is 0.140 e. The van der Waals surface area contributed by atoms with E-state index in [-0.39, 0.29) is 0 Å². The number of rotatable bonds is 9. The van der Waals surface area contributed by atoms with Gasteiger partial charge in [-0.1, -0.05) is 86.1 Å². The van der Waals surface area contributed by atoms with E-state index >= 15 is 0 Å². The van der Waals surface area contributed by atoms with Gasteiger partial charge in [0.2, 0.25) is 0 Å². The fraction of sp³-hybridized carbons (Fsp3) is 0.300. The zero-order chi connectivity index (χ0) is 23.3. The van der Waals surface area contributed by atoms with Crippen LogP contribution < -0.4 is 0 Å². The molecule has 0 saturated heterocycles. The molecule has 1 heterocycles. The molecule has 1 aliphatic rings. The highest BCUT2D eigenvalue weighted by Crippen LogP contribution is 2.40. The van der Waals surface area contributed by atoms with Crippen LogP contribution in [-0.4, -0.2) is 19.6 Å². The summed E-state index contributed by atoms with van der Waals surface area (Å²) in [5, 5.41) is 9.77. The van der Waals surface area contributed by atoms with Gasteiger partial charge in [0.15, 0.2) is 0 Å². The van der Waals surface area contributed by atoms with Crippen LogP contribution in [-0.2, 0) is 26.1 Å². The van der Waals surface area contributed by atoms with E-state index in [1.165, 1.54) is 28.1 Å². The van der Waals surface area contributed by atoms with Crippen molar-refractivity contribution in [3.63, 3.8) is 0 Å². The third-order valence-electron chi connectivity index (χ3n) is 6.81. The number of unbranched alkanes of at least 4 members (excludes halogenated alkanes) is 1. The molecule has 34 heavy (non-hydrogen) atoms. The molecule has 3 aromatic carbocycles. The second-order valence-corrected chi connectivity index (χ2v) is 9.25. The van der Waals surface area contributed by atoms with Crippen LogP contribution >= 0.6 is 0 Å².